The van der Waals surface area contributed by atoms with E-state index in [1.807, 2.05) is 0 Å². The van der Waals surface area contributed by atoms with Crippen LogP contribution in [0.3, 0.4) is 0 Å². The van der Waals surface area contributed by atoms with E-state index in [0.717, 1.165) is 26.3 Å². The summed E-state index contributed by atoms with van der Waals surface area (Å²) in [5, 5.41) is 3.73. The summed E-state index contributed by atoms with van der Waals surface area (Å²) in [4.78, 5) is 2.65. The first-order chi connectivity index (χ1) is 9.34. The van der Waals surface area contributed by atoms with E-state index in [1.54, 1.807) is 0 Å². The highest BCUT2D eigenvalue weighted by molar-refractivity contribution is 4.92. The Morgan fingerprint density at radius 3 is 2.55 bits per heavy atom. The van der Waals surface area contributed by atoms with Crippen molar-refractivity contribution in [2.45, 2.75) is 66.5 Å². The van der Waals surface area contributed by atoms with Gasteiger partial charge in [0.1, 0.15) is 0 Å². The van der Waals surface area contributed by atoms with E-state index in [9.17, 15) is 0 Å². The third-order valence-corrected chi connectivity index (χ3v) is 4.11. The summed E-state index contributed by atoms with van der Waals surface area (Å²) in [7, 11) is 0. The van der Waals surface area contributed by atoms with E-state index < -0.39 is 0 Å². The van der Waals surface area contributed by atoms with Crippen LogP contribution < -0.4 is 5.32 Å². The molecule has 1 aliphatic rings. The molecule has 0 spiro atoms. The Bertz CT molecular complexity index is 260. The quantitative estimate of drug-likeness (QED) is 0.727. The topological polar surface area (TPSA) is 24.5 Å². The summed E-state index contributed by atoms with van der Waals surface area (Å²) in [6.45, 7) is 18.8. The van der Waals surface area contributed by atoms with Gasteiger partial charge in [-0.25, -0.2) is 0 Å². The molecule has 1 heterocycles. The van der Waals surface area contributed by atoms with Crippen LogP contribution in [0.5, 0.6) is 0 Å². The third-order valence-electron chi connectivity index (χ3n) is 4.11. The molecule has 2 atom stereocenters. The molecule has 0 radical (unpaired) electrons. The first kappa shape index (κ1) is 17.9. The van der Waals surface area contributed by atoms with Crippen molar-refractivity contribution in [2.24, 2.45) is 11.3 Å². The van der Waals surface area contributed by atoms with Crippen LogP contribution >= 0.6 is 0 Å². The zero-order chi connectivity index (χ0) is 15.2. The minimum atomic E-state index is 0.322. The first-order valence-electron chi connectivity index (χ1n) is 8.39. The van der Waals surface area contributed by atoms with Crippen molar-refractivity contribution >= 4 is 0 Å². The van der Waals surface area contributed by atoms with Crippen molar-refractivity contribution in [3.05, 3.63) is 0 Å². The SMILES string of the molecule is CCCC1CN(CCOCC(C)C)C(C(C)(C)C)CN1. The average Bonchev–Trinajstić information content (AvgIpc) is 2.33. The molecule has 1 aliphatic heterocycles. The van der Waals surface area contributed by atoms with Gasteiger partial charge in [-0.15, -0.1) is 0 Å². The maximum Gasteiger partial charge on any atom is 0.0593 e. The number of piperazine rings is 1. The van der Waals surface area contributed by atoms with Crippen LogP contribution in [0.25, 0.3) is 0 Å². The minimum absolute atomic E-state index is 0.322. The van der Waals surface area contributed by atoms with Crippen LogP contribution in [0, 0.1) is 11.3 Å². The highest BCUT2D eigenvalue weighted by Crippen LogP contribution is 2.26. The van der Waals surface area contributed by atoms with Crippen molar-refractivity contribution in [3.63, 3.8) is 0 Å². The van der Waals surface area contributed by atoms with Crippen molar-refractivity contribution in [1.29, 1.82) is 0 Å². The number of nitrogens with zero attached hydrogens (tertiary/aromatic N) is 1. The van der Waals surface area contributed by atoms with Gasteiger partial charge in [0.2, 0.25) is 0 Å². The van der Waals surface area contributed by atoms with Gasteiger partial charge >= 0.3 is 0 Å². The predicted molar refractivity (Wildman–Crippen MR) is 87.2 cm³/mol. The maximum absolute atomic E-state index is 5.79. The molecule has 0 aromatic rings. The number of ether oxygens (including phenoxy) is 1. The second-order valence-electron chi connectivity index (χ2n) is 7.74. The fourth-order valence-electron chi connectivity index (χ4n) is 3.03. The normalized spacial score (nSPS) is 25.4. The van der Waals surface area contributed by atoms with Gasteiger partial charge in [-0.2, -0.15) is 0 Å². The second kappa shape index (κ2) is 8.35. The first-order valence-corrected chi connectivity index (χ1v) is 8.39. The van der Waals surface area contributed by atoms with E-state index in [2.05, 4.69) is 51.8 Å². The average molecular weight is 284 g/mol. The maximum atomic E-state index is 5.79. The van der Waals surface area contributed by atoms with Gasteiger partial charge in [-0.05, 0) is 17.8 Å². The van der Waals surface area contributed by atoms with Gasteiger partial charge in [0.05, 0.1) is 6.61 Å². The minimum Gasteiger partial charge on any atom is -0.380 e. The molecule has 120 valence electrons. The Morgan fingerprint density at radius 1 is 1.30 bits per heavy atom. The summed E-state index contributed by atoms with van der Waals surface area (Å²) in [6, 6.07) is 1.27. The molecular formula is C17H36N2O. The Morgan fingerprint density at radius 2 is 2.00 bits per heavy atom. The van der Waals surface area contributed by atoms with Crippen molar-refractivity contribution in [3.8, 4) is 0 Å². The summed E-state index contributed by atoms with van der Waals surface area (Å²) in [5.41, 5.74) is 0.322. The standard InChI is InChI=1S/C17H36N2O/c1-7-8-15-12-19(9-10-20-13-14(2)3)16(11-18-15)17(4,5)6/h14-16,18H,7-13H2,1-6H3. The lowest BCUT2D eigenvalue weighted by Gasteiger charge is -2.46. The third kappa shape index (κ3) is 6.11. The van der Waals surface area contributed by atoms with E-state index in [1.165, 1.54) is 19.4 Å². The van der Waals surface area contributed by atoms with Gasteiger partial charge in [-0.1, -0.05) is 48.0 Å². The lowest BCUT2D eigenvalue weighted by Crippen LogP contribution is -2.61. The van der Waals surface area contributed by atoms with Crippen LogP contribution in [-0.4, -0.2) is 49.8 Å². The van der Waals surface area contributed by atoms with Crippen molar-refractivity contribution in [1.82, 2.24) is 10.2 Å². The van der Waals surface area contributed by atoms with E-state index in [4.69, 9.17) is 4.74 Å². The Kier molecular flexibility index (Phi) is 7.49. The van der Waals surface area contributed by atoms with Gasteiger partial charge in [0.25, 0.3) is 0 Å². The van der Waals surface area contributed by atoms with Crippen LogP contribution in [0.4, 0.5) is 0 Å². The van der Waals surface area contributed by atoms with Gasteiger partial charge in [-0.3, -0.25) is 4.90 Å². The molecule has 2 unspecified atom stereocenters. The van der Waals surface area contributed by atoms with Crippen LogP contribution in [0.1, 0.15) is 54.4 Å². The zero-order valence-corrected chi connectivity index (χ0v) is 14.5. The van der Waals surface area contributed by atoms with E-state index in [0.29, 0.717) is 23.4 Å². The van der Waals surface area contributed by atoms with Gasteiger partial charge in [0, 0.05) is 38.3 Å². The van der Waals surface area contributed by atoms with Crippen LogP contribution in [-0.2, 0) is 4.74 Å². The van der Waals surface area contributed by atoms with Crippen LogP contribution in [0.2, 0.25) is 0 Å². The Labute approximate surface area is 126 Å². The summed E-state index contributed by atoms with van der Waals surface area (Å²) in [5.74, 6) is 0.629. The predicted octanol–water partition coefficient (Wildman–Crippen LogP) is 3.15. The molecule has 3 nitrogen and oxygen atoms in total. The fraction of sp³-hybridized carbons (Fsp3) is 1.00. The Balaban J connectivity index is 2.49. The summed E-state index contributed by atoms with van der Waals surface area (Å²) >= 11 is 0. The molecule has 3 heteroatoms. The molecule has 0 amide bonds. The largest absolute Gasteiger partial charge is 0.380 e. The molecule has 0 aromatic heterocycles. The Hall–Kier alpha value is -0.120. The smallest absolute Gasteiger partial charge is 0.0593 e. The molecule has 1 fully saturated rings. The number of nitrogens with one attached hydrogen (secondary N) is 1. The molecule has 1 N–H and O–H groups in total. The van der Waals surface area contributed by atoms with Crippen molar-refractivity contribution < 1.29 is 4.74 Å². The van der Waals surface area contributed by atoms with Crippen LogP contribution in [0.15, 0.2) is 0 Å². The molecule has 20 heavy (non-hydrogen) atoms. The number of hydrogen-bond acceptors (Lipinski definition) is 3. The molecule has 0 saturated carbocycles. The number of rotatable bonds is 7. The van der Waals surface area contributed by atoms with E-state index in [-0.39, 0.29) is 0 Å². The van der Waals surface area contributed by atoms with Gasteiger partial charge < -0.3 is 10.1 Å². The lowest BCUT2D eigenvalue weighted by atomic mass is 9.83. The lowest BCUT2D eigenvalue weighted by molar-refractivity contribution is 0.0190. The summed E-state index contributed by atoms with van der Waals surface area (Å²) < 4.78 is 5.79. The van der Waals surface area contributed by atoms with Gasteiger partial charge in [0.15, 0.2) is 0 Å². The number of hydrogen-bond donors (Lipinski definition) is 1. The zero-order valence-electron chi connectivity index (χ0n) is 14.5. The molecule has 1 rings (SSSR count). The molecular weight excluding hydrogens is 248 g/mol. The highest BCUT2D eigenvalue weighted by atomic mass is 16.5. The molecule has 0 bridgehead atoms. The fourth-order valence-corrected chi connectivity index (χ4v) is 3.03. The molecule has 0 aromatic carbocycles. The summed E-state index contributed by atoms with van der Waals surface area (Å²) in [6.07, 6.45) is 2.54. The van der Waals surface area contributed by atoms with E-state index >= 15 is 0 Å². The highest BCUT2D eigenvalue weighted by Gasteiger charge is 2.34. The molecule has 0 aliphatic carbocycles. The second-order valence-corrected chi connectivity index (χ2v) is 7.74. The monoisotopic (exact) mass is 284 g/mol. The molecule has 1 saturated heterocycles. The van der Waals surface area contributed by atoms with Crippen molar-refractivity contribution in [2.75, 3.05) is 32.8 Å².